The van der Waals surface area contributed by atoms with Gasteiger partial charge in [0.05, 0.1) is 32.4 Å². The highest BCUT2D eigenvalue weighted by atomic mass is 16.5. The van der Waals surface area contributed by atoms with E-state index >= 15 is 0 Å². The summed E-state index contributed by atoms with van der Waals surface area (Å²) in [5.41, 5.74) is 3.26. The SMILES string of the molecule is CCc1ccc(/C=C/C(=O)OC[C@H]2C3=C(C[C@H]4[C@H]5C6=C(C[C@@H]([C@H](C#N)N24)N5C)C(=O)C(C)=C(OC)C6=O)C(=O)C(C)=C(OC)C3=O)cc1. The molecule has 1 saturated heterocycles. The third-order valence-corrected chi connectivity index (χ3v) is 10.4. The molecule has 0 amide bonds. The molecule has 0 radical (unpaired) electrons. The van der Waals surface area contributed by atoms with E-state index in [1.807, 2.05) is 34.1 Å². The van der Waals surface area contributed by atoms with Gasteiger partial charge in [-0.25, -0.2) is 4.79 Å². The fourth-order valence-electron chi connectivity index (χ4n) is 8.01. The Kier molecular flexibility index (Phi) is 8.66. The van der Waals surface area contributed by atoms with Crippen molar-refractivity contribution in [1.29, 1.82) is 5.26 Å². The third kappa shape index (κ3) is 4.98. The van der Waals surface area contributed by atoms with Gasteiger partial charge < -0.3 is 14.2 Å². The highest BCUT2D eigenvalue weighted by Crippen LogP contribution is 2.49. The van der Waals surface area contributed by atoms with Crippen molar-refractivity contribution in [2.45, 2.75) is 70.2 Å². The van der Waals surface area contributed by atoms with E-state index in [-0.39, 0.29) is 64.6 Å². The van der Waals surface area contributed by atoms with Gasteiger partial charge in [0.15, 0.2) is 23.1 Å². The second-order valence-electron chi connectivity index (χ2n) is 12.7. The van der Waals surface area contributed by atoms with Gasteiger partial charge in [0.1, 0.15) is 12.6 Å². The van der Waals surface area contributed by atoms with E-state index < -0.39 is 53.5 Å². The average Bonchev–Trinajstić information content (AvgIpc) is 3.08. The van der Waals surface area contributed by atoms with Gasteiger partial charge in [0.25, 0.3) is 0 Å². The van der Waals surface area contributed by atoms with Crippen LogP contribution in [0.1, 0.15) is 44.7 Å². The number of rotatable bonds is 7. The number of Topliss-reactive ketones (excluding diaryl/α,β-unsaturated/α-hetero) is 4. The maximum atomic E-state index is 14.0. The molecule has 0 saturated carbocycles. The molecule has 1 aromatic carbocycles. The van der Waals surface area contributed by atoms with Crippen molar-refractivity contribution in [2.75, 3.05) is 27.9 Å². The molecule has 11 nitrogen and oxygen atoms in total. The van der Waals surface area contributed by atoms with Crippen LogP contribution in [-0.2, 0) is 44.6 Å². The molecule has 2 bridgehead atoms. The predicted molar refractivity (Wildman–Crippen MR) is 173 cm³/mol. The first-order valence-corrected chi connectivity index (χ1v) is 16.0. The molecule has 48 heavy (non-hydrogen) atoms. The number of nitriles is 1. The lowest BCUT2D eigenvalue weighted by molar-refractivity contribution is -0.142. The summed E-state index contributed by atoms with van der Waals surface area (Å²) in [5, 5.41) is 10.7. The van der Waals surface area contributed by atoms with Crippen molar-refractivity contribution < 1.29 is 38.2 Å². The number of nitrogens with zero attached hydrogens (tertiary/aromatic N) is 3. The zero-order chi connectivity index (χ0) is 34.6. The van der Waals surface area contributed by atoms with Crippen molar-refractivity contribution in [2.24, 2.45) is 0 Å². The molecular formula is C37H37N3O8. The van der Waals surface area contributed by atoms with Crippen LogP contribution in [0.3, 0.4) is 0 Å². The molecular weight excluding hydrogens is 614 g/mol. The highest BCUT2D eigenvalue weighted by molar-refractivity contribution is 6.26. The Morgan fingerprint density at radius 1 is 0.896 bits per heavy atom. The minimum Gasteiger partial charge on any atom is -0.492 e. The first-order chi connectivity index (χ1) is 23.0. The maximum absolute atomic E-state index is 14.0. The van der Waals surface area contributed by atoms with Crippen LogP contribution in [0, 0.1) is 11.3 Å². The van der Waals surface area contributed by atoms with Gasteiger partial charge in [0, 0.05) is 51.6 Å². The molecule has 0 spiro atoms. The summed E-state index contributed by atoms with van der Waals surface area (Å²) < 4.78 is 16.5. The molecule has 6 rings (SSSR count). The number of ketones is 4. The largest absolute Gasteiger partial charge is 0.492 e. The first-order valence-electron chi connectivity index (χ1n) is 16.0. The van der Waals surface area contributed by atoms with E-state index in [1.165, 1.54) is 27.2 Å². The smallest absolute Gasteiger partial charge is 0.330 e. The molecule has 1 aromatic rings. The minimum absolute atomic E-state index is 0.0233. The van der Waals surface area contributed by atoms with Crippen molar-refractivity contribution in [3.63, 3.8) is 0 Å². The van der Waals surface area contributed by atoms with E-state index in [0.717, 1.165) is 17.5 Å². The topological polar surface area (TPSA) is 143 Å². The van der Waals surface area contributed by atoms with E-state index in [4.69, 9.17) is 14.2 Å². The number of hydrogen-bond donors (Lipinski definition) is 0. The Morgan fingerprint density at radius 3 is 2.02 bits per heavy atom. The molecule has 11 heteroatoms. The second kappa shape index (κ2) is 12.6. The van der Waals surface area contributed by atoms with E-state index in [0.29, 0.717) is 5.57 Å². The van der Waals surface area contributed by atoms with Crippen molar-refractivity contribution in [1.82, 2.24) is 9.80 Å². The number of fused-ring (bicyclic) bond motifs is 5. The Bertz CT molecular complexity index is 1850. The number of piperazine rings is 1. The van der Waals surface area contributed by atoms with Gasteiger partial charge in [-0.1, -0.05) is 31.2 Å². The van der Waals surface area contributed by atoms with Crippen LogP contribution >= 0.6 is 0 Å². The number of benzene rings is 1. The first kappa shape index (κ1) is 33.0. The van der Waals surface area contributed by atoms with Crippen LogP contribution in [-0.4, -0.2) is 97.0 Å². The lowest BCUT2D eigenvalue weighted by atomic mass is 9.67. The van der Waals surface area contributed by atoms with Crippen LogP contribution in [0.5, 0.6) is 0 Å². The number of likely N-dealkylation sites (N-methyl/N-ethyl adjacent to an activating group) is 1. The van der Waals surface area contributed by atoms with Gasteiger partial charge in [-0.05, 0) is 57.4 Å². The average molecular weight is 652 g/mol. The number of ether oxygens (including phenoxy) is 3. The maximum Gasteiger partial charge on any atom is 0.330 e. The molecule has 5 atom stereocenters. The second-order valence-corrected chi connectivity index (χ2v) is 12.7. The molecule has 0 aromatic heterocycles. The van der Waals surface area contributed by atoms with Crippen LogP contribution in [0.4, 0.5) is 0 Å². The number of aryl methyl sites for hydroxylation is 1. The van der Waals surface area contributed by atoms with Crippen LogP contribution in [0.2, 0.25) is 0 Å². The van der Waals surface area contributed by atoms with Crippen LogP contribution in [0.15, 0.2) is 75.3 Å². The molecule has 3 aliphatic heterocycles. The number of esters is 1. The Labute approximate surface area is 278 Å². The number of carbonyl (C=O) groups is 5. The summed E-state index contributed by atoms with van der Waals surface area (Å²) in [6, 6.07) is 6.28. The number of hydrogen-bond acceptors (Lipinski definition) is 11. The quantitative estimate of drug-likeness (QED) is 0.244. The molecule has 5 aliphatic rings. The van der Waals surface area contributed by atoms with Gasteiger partial charge >= 0.3 is 5.97 Å². The number of carbonyl (C=O) groups excluding carboxylic acids is 5. The zero-order valence-electron chi connectivity index (χ0n) is 27.8. The molecule has 2 aliphatic carbocycles. The Balaban J connectivity index is 1.42. The standard InChI is InChI=1S/C37H37N3O8/c1-7-20-8-10-21(11-9-20)12-13-28(41)48-17-27-29-22(32(42)18(2)36(46-5)34(29)44)15-25-31-30-23(33(43)19(3)37(47-6)35(30)45)14-24(39(31)4)26(16-38)40(25)27/h8-13,24-27,31H,7,14-15,17H2,1-6H3/b13-12+/t24-,25-,26-,27-,31-/m0/s1. The van der Waals surface area contributed by atoms with Crippen molar-refractivity contribution in [3.05, 3.63) is 86.4 Å². The monoisotopic (exact) mass is 651 g/mol. The molecule has 248 valence electrons. The van der Waals surface area contributed by atoms with E-state index in [1.54, 1.807) is 20.0 Å². The van der Waals surface area contributed by atoms with Gasteiger partial charge in [0.2, 0.25) is 11.6 Å². The van der Waals surface area contributed by atoms with Gasteiger partial charge in [-0.15, -0.1) is 0 Å². The van der Waals surface area contributed by atoms with E-state index in [2.05, 4.69) is 13.0 Å². The fraction of sp³-hybridized carbons (Fsp3) is 0.405. The predicted octanol–water partition coefficient (Wildman–Crippen LogP) is 2.96. The summed E-state index contributed by atoms with van der Waals surface area (Å²) in [7, 11) is 4.46. The summed E-state index contributed by atoms with van der Waals surface area (Å²) >= 11 is 0. The fourth-order valence-corrected chi connectivity index (χ4v) is 8.01. The lowest BCUT2D eigenvalue weighted by Crippen LogP contribution is -2.74. The normalized spacial score (nSPS) is 27.6. The van der Waals surface area contributed by atoms with Crippen molar-refractivity contribution in [3.8, 4) is 6.07 Å². The van der Waals surface area contributed by atoms with E-state index in [9.17, 15) is 29.2 Å². The summed E-state index contributed by atoms with van der Waals surface area (Å²) in [4.78, 5) is 72.2. The highest BCUT2D eigenvalue weighted by Gasteiger charge is 2.60. The molecule has 0 unspecified atom stereocenters. The Morgan fingerprint density at radius 2 is 1.46 bits per heavy atom. The number of methoxy groups -OCH3 is 2. The lowest BCUT2D eigenvalue weighted by Gasteiger charge is -2.60. The Hall–Kier alpha value is -4.92. The van der Waals surface area contributed by atoms with Gasteiger partial charge in [-0.3, -0.25) is 29.0 Å². The van der Waals surface area contributed by atoms with Crippen molar-refractivity contribution >= 4 is 35.2 Å². The molecule has 1 fully saturated rings. The van der Waals surface area contributed by atoms with Crippen LogP contribution in [0.25, 0.3) is 6.08 Å². The van der Waals surface area contributed by atoms with Gasteiger partial charge in [-0.2, -0.15) is 5.26 Å². The number of allylic oxidation sites excluding steroid dienone is 4. The molecule has 3 heterocycles. The van der Waals surface area contributed by atoms with Crippen LogP contribution < -0.4 is 0 Å². The zero-order valence-corrected chi connectivity index (χ0v) is 27.8. The summed E-state index contributed by atoms with van der Waals surface area (Å²) in [5.74, 6) is -2.44. The summed E-state index contributed by atoms with van der Waals surface area (Å²) in [6.45, 7) is 4.78. The summed E-state index contributed by atoms with van der Waals surface area (Å²) in [6.07, 6.45) is 3.95. The third-order valence-electron chi connectivity index (χ3n) is 10.4. The minimum atomic E-state index is -1.01. The molecule has 0 N–H and O–H groups in total.